The Hall–Kier alpha value is -1.29. The van der Waals surface area contributed by atoms with Gasteiger partial charge >= 0.3 is 5.97 Å². The van der Waals surface area contributed by atoms with E-state index in [0.29, 0.717) is 17.8 Å². The molecule has 1 saturated heterocycles. The molecule has 1 aliphatic heterocycles. The third-order valence-corrected chi connectivity index (χ3v) is 4.50. The van der Waals surface area contributed by atoms with Crippen LogP contribution >= 0.6 is 0 Å². The molecule has 0 spiro atoms. The van der Waals surface area contributed by atoms with Crippen LogP contribution in [-0.2, 0) is 0 Å². The summed E-state index contributed by atoms with van der Waals surface area (Å²) in [6.45, 7) is 6.68. The van der Waals surface area contributed by atoms with E-state index >= 15 is 0 Å². The minimum atomic E-state index is -0.824. The first kappa shape index (κ1) is 15.1. The Morgan fingerprint density at radius 1 is 1.40 bits per heavy atom. The van der Waals surface area contributed by atoms with E-state index in [-0.39, 0.29) is 0 Å². The first-order chi connectivity index (χ1) is 9.67. The molecule has 1 atom stereocenters. The highest BCUT2D eigenvalue weighted by Gasteiger charge is 2.26. The maximum atomic E-state index is 11.2. The lowest BCUT2D eigenvalue weighted by molar-refractivity contribution is 0.0674. The van der Waals surface area contributed by atoms with E-state index in [1.807, 2.05) is 16.8 Å². The van der Waals surface area contributed by atoms with Gasteiger partial charge in [0.2, 0.25) is 0 Å². The molecule has 1 aromatic rings. The molecule has 0 saturated carbocycles. The second kappa shape index (κ2) is 6.93. The fourth-order valence-electron chi connectivity index (χ4n) is 3.40. The van der Waals surface area contributed by atoms with Crippen LogP contribution in [0.15, 0.2) is 18.3 Å². The van der Waals surface area contributed by atoms with Crippen molar-refractivity contribution in [2.45, 2.75) is 58.0 Å². The lowest BCUT2D eigenvalue weighted by Crippen LogP contribution is -2.41. The van der Waals surface area contributed by atoms with Crippen molar-refractivity contribution < 1.29 is 9.90 Å². The van der Waals surface area contributed by atoms with Crippen molar-refractivity contribution in [3.63, 3.8) is 0 Å². The molecule has 112 valence electrons. The number of hydrogen-bond donors (Lipinski definition) is 1. The third-order valence-electron chi connectivity index (χ3n) is 4.50. The van der Waals surface area contributed by atoms with Gasteiger partial charge in [-0.05, 0) is 37.8 Å². The van der Waals surface area contributed by atoms with Crippen LogP contribution in [0.3, 0.4) is 0 Å². The Morgan fingerprint density at radius 3 is 2.65 bits per heavy atom. The van der Waals surface area contributed by atoms with Crippen molar-refractivity contribution >= 4 is 5.97 Å². The highest BCUT2D eigenvalue weighted by Crippen LogP contribution is 2.27. The lowest BCUT2D eigenvalue weighted by Gasteiger charge is -2.38. The van der Waals surface area contributed by atoms with E-state index in [1.165, 1.54) is 19.3 Å². The Bertz CT molecular complexity index is 433. The van der Waals surface area contributed by atoms with Gasteiger partial charge in [-0.25, -0.2) is 4.79 Å². The molecule has 0 radical (unpaired) electrons. The zero-order valence-electron chi connectivity index (χ0n) is 12.6. The van der Waals surface area contributed by atoms with Crippen molar-refractivity contribution in [2.24, 2.45) is 0 Å². The lowest BCUT2D eigenvalue weighted by atomic mass is 9.99. The molecule has 0 aliphatic carbocycles. The van der Waals surface area contributed by atoms with Crippen molar-refractivity contribution in [3.05, 3.63) is 24.0 Å². The summed E-state index contributed by atoms with van der Waals surface area (Å²) in [4.78, 5) is 13.8. The number of carboxylic acid groups (broad SMARTS) is 1. The summed E-state index contributed by atoms with van der Waals surface area (Å²) in [5.41, 5.74) is 0.420. The molecule has 0 aromatic carbocycles. The summed E-state index contributed by atoms with van der Waals surface area (Å²) in [5, 5.41) is 9.20. The van der Waals surface area contributed by atoms with Crippen molar-refractivity contribution in [2.75, 3.05) is 13.1 Å². The minimum Gasteiger partial charge on any atom is -0.477 e. The van der Waals surface area contributed by atoms with Gasteiger partial charge in [-0.1, -0.05) is 20.3 Å². The number of carbonyl (C=O) groups is 1. The van der Waals surface area contributed by atoms with Crippen LogP contribution in [0.1, 0.15) is 62.5 Å². The Kier molecular flexibility index (Phi) is 5.24. The average Bonchev–Trinajstić information content (AvgIpc) is 2.94. The minimum absolute atomic E-state index is 0.339. The monoisotopic (exact) mass is 278 g/mol. The van der Waals surface area contributed by atoms with Crippen molar-refractivity contribution in [1.82, 2.24) is 9.47 Å². The topological polar surface area (TPSA) is 45.5 Å². The van der Waals surface area contributed by atoms with E-state index in [2.05, 4.69) is 18.7 Å². The summed E-state index contributed by atoms with van der Waals surface area (Å²) in [6.07, 6.45) is 7.73. The average molecular weight is 278 g/mol. The number of piperidine rings is 1. The first-order valence-electron chi connectivity index (χ1n) is 7.81. The van der Waals surface area contributed by atoms with Gasteiger partial charge in [0.1, 0.15) is 5.69 Å². The van der Waals surface area contributed by atoms with Gasteiger partial charge in [0, 0.05) is 31.4 Å². The zero-order valence-corrected chi connectivity index (χ0v) is 12.6. The van der Waals surface area contributed by atoms with E-state index < -0.39 is 5.97 Å². The maximum Gasteiger partial charge on any atom is 0.352 e. The van der Waals surface area contributed by atoms with E-state index in [9.17, 15) is 9.90 Å². The number of nitrogens with zero attached hydrogens (tertiary/aromatic N) is 2. The summed E-state index contributed by atoms with van der Waals surface area (Å²) in [6, 6.07) is 4.57. The quantitative estimate of drug-likeness (QED) is 0.867. The van der Waals surface area contributed by atoms with Gasteiger partial charge in [0.15, 0.2) is 0 Å². The van der Waals surface area contributed by atoms with Crippen LogP contribution in [-0.4, -0.2) is 39.7 Å². The molecule has 1 N–H and O–H groups in total. The molecule has 2 heterocycles. The zero-order chi connectivity index (χ0) is 14.5. The molecule has 0 bridgehead atoms. The van der Waals surface area contributed by atoms with Gasteiger partial charge in [-0.15, -0.1) is 0 Å². The van der Waals surface area contributed by atoms with E-state index in [0.717, 1.165) is 25.9 Å². The summed E-state index contributed by atoms with van der Waals surface area (Å²) in [7, 11) is 0. The highest BCUT2D eigenvalue weighted by atomic mass is 16.4. The number of carboxylic acids is 1. The summed E-state index contributed by atoms with van der Waals surface area (Å²) in [5.74, 6) is -0.824. The molecule has 1 aromatic heterocycles. The van der Waals surface area contributed by atoms with Crippen LogP contribution in [0.2, 0.25) is 0 Å². The second-order valence-electron chi connectivity index (χ2n) is 5.72. The number of aromatic nitrogens is 1. The highest BCUT2D eigenvalue weighted by molar-refractivity contribution is 5.85. The van der Waals surface area contributed by atoms with Crippen LogP contribution in [0.25, 0.3) is 0 Å². The van der Waals surface area contributed by atoms with Gasteiger partial charge < -0.3 is 14.6 Å². The molecular formula is C16H26N2O2. The van der Waals surface area contributed by atoms with Crippen LogP contribution in [0.5, 0.6) is 0 Å². The Balaban J connectivity index is 1.97. The fraction of sp³-hybridized carbons (Fsp3) is 0.688. The Morgan fingerprint density at radius 2 is 2.10 bits per heavy atom. The fourth-order valence-corrected chi connectivity index (χ4v) is 3.40. The molecule has 2 rings (SSSR count). The molecule has 1 aliphatic rings. The maximum absolute atomic E-state index is 11.2. The Labute approximate surface area is 121 Å². The molecule has 4 nitrogen and oxygen atoms in total. The van der Waals surface area contributed by atoms with Crippen molar-refractivity contribution in [3.8, 4) is 0 Å². The smallest absolute Gasteiger partial charge is 0.352 e. The first-order valence-corrected chi connectivity index (χ1v) is 7.81. The number of rotatable bonds is 6. The number of likely N-dealkylation sites (tertiary alicyclic amines) is 1. The second-order valence-corrected chi connectivity index (χ2v) is 5.72. The van der Waals surface area contributed by atoms with Crippen LogP contribution in [0, 0.1) is 0 Å². The van der Waals surface area contributed by atoms with Gasteiger partial charge in [0.25, 0.3) is 0 Å². The normalized spacial score (nSPS) is 19.1. The van der Waals surface area contributed by atoms with Gasteiger partial charge in [0.05, 0.1) is 0 Å². The van der Waals surface area contributed by atoms with Gasteiger partial charge in [-0.2, -0.15) is 0 Å². The molecular weight excluding hydrogens is 252 g/mol. The SMILES string of the molecule is CCCC(CC)N1CCC(n2cccc2C(=O)O)CC1. The molecule has 1 unspecified atom stereocenters. The van der Waals surface area contributed by atoms with Crippen LogP contribution < -0.4 is 0 Å². The van der Waals surface area contributed by atoms with Crippen molar-refractivity contribution in [1.29, 1.82) is 0 Å². The molecule has 4 heteroatoms. The third kappa shape index (κ3) is 3.23. The summed E-state index contributed by atoms with van der Waals surface area (Å²) >= 11 is 0. The molecule has 0 amide bonds. The predicted molar refractivity (Wildman–Crippen MR) is 80.2 cm³/mol. The number of hydrogen-bond acceptors (Lipinski definition) is 2. The molecule has 1 fully saturated rings. The summed E-state index contributed by atoms with van der Waals surface area (Å²) < 4.78 is 1.94. The molecule has 20 heavy (non-hydrogen) atoms. The van der Waals surface area contributed by atoms with Crippen LogP contribution in [0.4, 0.5) is 0 Å². The standard InChI is InChI=1S/C16H26N2O2/c1-3-6-13(4-2)17-11-8-14(9-12-17)18-10-5-7-15(18)16(19)20/h5,7,10,13-14H,3-4,6,8-9,11-12H2,1-2H3,(H,19,20). The number of aromatic carboxylic acids is 1. The van der Waals surface area contributed by atoms with E-state index in [4.69, 9.17) is 0 Å². The van der Waals surface area contributed by atoms with Gasteiger partial charge in [-0.3, -0.25) is 0 Å². The van der Waals surface area contributed by atoms with E-state index in [1.54, 1.807) is 6.07 Å². The largest absolute Gasteiger partial charge is 0.477 e. The predicted octanol–water partition coefficient (Wildman–Crippen LogP) is 3.40.